The summed E-state index contributed by atoms with van der Waals surface area (Å²) >= 11 is 0. The minimum atomic E-state index is -4.19. The van der Waals surface area contributed by atoms with Gasteiger partial charge in [0.1, 0.15) is 11.0 Å². The molecule has 3 aromatic rings. The first-order valence-corrected chi connectivity index (χ1v) is 6.12. The molecule has 0 aliphatic rings. The average Bonchev–Trinajstić information content (AvgIpc) is 2.75. The zero-order valence-electron chi connectivity index (χ0n) is 8.36. The molecule has 0 aliphatic carbocycles. The van der Waals surface area contributed by atoms with Gasteiger partial charge < -0.3 is 0 Å². The molecule has 7 heteroatoms. The molecule has 0 spiro atoms. The molecule has 1 aromatic heterocycles. The third kappa shape index (κ3) is 1.56. The predicted octanol–water partition coefficient (Wildman–Crippen LogP) is 1.62. The van der Waals surface area contributed by atoms with Crippen LogP contribution in [0, 0.1) is 0 Å². The predicted molar refractivity (Wildman–Crippen MR) is 59.1 cm³/mol. The van der Waals surface area contributed by atoms with E-state index in [1.165, 1.54) is 12.1 Å². The first kappa shape index (κ1) is 10.2. The van der Waals surface area contributed by atoms with Crippen LogP contribution in [0.25, 0.3) is 21.8 Å². The van der Waals surface area contributed by atoms with E-state index in [1.54, 1.807) is 18.2 Å². The number of benzene rings is 2. The summed E-state index contributed by atoms with van der Waals surface area (Å²) in [6, 6.07) is 7.61. The maximum atomic E-state index is 11.0. The van der Waals surface area contributed by atoms with E-state index in [9.17, 15) is 8.42 Å². The Hall–Kier alpha value is -1.99. The largest absolute Gasteiger partial charge is 0.294 e. The van der Waals surface area contributed by atoms with E-state index in [4.69, 9.17) is 4.55 Å². The molecule has 0 saturated carbocycles. The second-order valence-electron chi connectivity index (χ2n) is 3.56. The molecule has 3 rings (SSSR count). The van der Waals surface area contributed by atoms with Crippen LogP contribution in [-0.2, 0) is 10.1 Å². The number of hydrogen-bond donors (Lipinski definition) is 1. The van der Waals surface area contributed by atoms with Crippen molar-refractivity contribution in [1.29, 1.82) is 0 Å². The van der Waals surface area contributed by atoms with Crippen LogP contribution < -0.4 is 0 Å². The third-order valence-corrected chi connectivity index (χ3v) is 3.36. The molecule has 0 atom stereocenters. The molecule has 17 heavy (non-hydrogen) atoms. The first-order chi connectivity index (χ1) is 8.05. The Morgan fingerprint density at radius 2 is 1.94 bits per heavy atom. The Morgan fingerprint density at radius 1 is 1.12 bits per heavy atom. The van der Waals surface area contributed by atoms with E-state index in [2.05, 4.69) is 14.9 Å². The topological polar surface area (TPSA) is 93.3 Å². The fourth-order valence-corrected chi connectivity index (χ4v) is 2.23. The minimum Gasteiger partial charge on any atom is -0.282 e. The second kappa shape index (κ2) is 3.25. The maximum Gasteiger partial charge on any atom is 0.294 e. The lowest BCUT2D eigenvalue weighted by molar-refractivity contribution is 0.316. The van der Waals surface area contributed by atoms with Crippen molar-refractivity contribution in [2.75, 3.05) is 0 Å². The Kier molecular flexibility index (Phi) is 1.95. The van der Waals surface area contributed by atoms with Gasteiger partial charge in [-0.3, -0.25) is 4.55 Å². The van der Waals surface area contributed by atoms with Gasteiger partial charge in [-0.1, -0.05) is 12.1 Å². The van der Waals surface area contributed by atoms with E-state index in [-0.39, 0.29) is 4.90 Å². The van der Waals surface area contributed by atoms with Crippen molar-refractivity contribution in [3.05, 3.63) is 30.3 Å². The van der Waals surface area contributed by atoms with Crippen molar-refractivity contribution < 1.29 is 17.6 Å². The Bertz CT molecular complexity index is 823. The highest BCUT2D eigenvalue weighted by atomic mass is 32.2. The van der Waals surface area contributed by atoms with Gasteiger partial charge in [-0.05, 0) is 33.9 Å². The monoisotopic (exact) mass is 250 g/mol. The summed E-state index contributed by atoms with van der Waals surface area (Å²) in [4.78, 5) is -0.152. The fraction of sp³-hybridized carbons (Fsp3) is 0. The minimum absolute atomic E-state index is 0.152. The molecule has 6 nitrogen and oxygen atoms in total. The first-order valence-electron chi connectivity index (χ1n) is 4.68. The number of nitrogens with zero attached hydrogens (tertiary/aromatic N) is 2. The standard InChI is InChI=1S/C10H6N2O4S/c13-17(14,15)7-2-3-8-6(5-7)1-4-9-10(8)12-16-11-9/h1-5H,(H,13,14,15). The summed E-state index contributed by atoms with van der Waals surface area (Å²) in [6.45, 7) is 0. The molecule has 2 aromatic carbocycles. The highest BCUT2D eigenvalue weighted by Gasteiger charge is 2.12. The van der Waals surface area contributed by atoms with Crippen molar-refractivity contribution in [3.8, 4) is 0 Å². The second-order valence-corrected chi connectivity index (χ2v) is 4.98. The lowest BCUT2D eigenvalue weighted by Crippen LogP contribution is -1.97. The van der Waals surface area contributed by atoms with Gasteiger partial charge in [0.2, 0.25) is 0 Å². The Morgan fingerprint density at radius 3 is 2.71 bits per heavy atom. The van der Waals surface area contributed by atoms with Gasteiger partial charge in [0.05, 0.1) is 4.90 Å². The van der Waals surface area contributed by atoms with Gasteiger partial charge >= 0.3 is 0 Å². The molecule has 0 radical (unpaired) electrons. The molecular formula is C10H6N2O4S. The summed E-state index contributed by atoms with van der Waals surface area (Å²) < 4.78 is 35.5. The van der Waals surface area contributed by atoms with Crippen LogP contribution in [-0.4, -0.2) is 23.3 Å². The van der Waals surface area contributed by atoms with Gasteiger partial charge in [-0.15, -0.1) is 0 Å². The molecule has 0 saturated heterocycles. The van der Waals surface area contributed by atoms with Gasteiger partial charge in [-0.2, -0.15) is 8.42 Å². The van der Waals surface area contributed by atoms with Gasteiger partial charge in [0.25, 0.3) is 10.1 Å². The number of aromatic nitrogens is 2. The molecule has 0 amide bonds. The smallest absolute Gasteiger partial charge is 0.282 e. The molecule has 1 N–H and O–H groups in total. The van der Waals surface area contributed by atoms with Crippen molar-refractivity contribution in [1.82, 2.24) is 10.3 Å². The van der Waals surface area contributed by atoms with Crippen LogP contribution in [0.1, 0.15) is 0 Å². The number of rotatable bonds is 1. The summed E-state index contributed by atoms with van der Waals surface area (Å²) in [7, 11) is -4.19. The van der Waals surface area contributed by atoms with Crippen molar-refractivity contribution in [2.24, 2.45) is 0 Å². The van der Waals surface area contributed by atoms with E-state index >= 15 is 0 Å². The maximum absolute atomic E-state index is 11.0. The normalized spacial score (nSPS) is 12.3. The summed E-state index contributed by atoms with van der Waals surface area (Å²) in [5.74, 6) is 0. The lowest BCUT2D eigenvalue weighted by Gasteiger charge is -2.00. The number of fused-ring (bicyclic) bond motifs is 3. The van der Waals surface area contributed by atoms with Crippen LogP contribution in [0.4, 0.5) is 0 Å². The Labute approximate surface area is 95.6 Å². The fourth-order valence-electron chi connectivity index (χ4n) is 1.72. The van der Waals surface area contributed by atoms with Crippen molar-refractivity contribution in [3.63, 3.8) is 0 Å². The SMILES string of the molecule is O=S(=O)(O)c1ccc2c(ccc3nonc32)c1. The van der Waals surface area contributed by atoms with Crippen molar-refractivity contribution in [2.45, 2.75) is 4.90 Å². The lowest BCUT2D eigenvalue weighted by atomic mass is 10.1. The van der Waals surface area contributed by atoms with E-state index in [1.807, 2.05) is 0 Å². The zero-order valence-corrected chi connectivity index (χ0v) is 9.18. The van der Waals surface area contributed by atoms with E-state index in [0.717, 1.165) is 5.39 Å². The Balaban J connectivity index is 2.42. The molecule has 0 unspecified atom stereocenters. The highest BCUT2D eigenvalue weighted by molar-refractivity contribution is 7.85. The van der Waals surface area contributed by atoms with Gasteiger partial charge in [-0.25, -0.2) is 4.63 Å². The summed E-state index contributed by atoms with van der Waals surface area (Å²) in [5.41, 5.74) is 1.15. The molecule has 0 aliphatic heterocycles. The van der Waals surface area contributed by atoms with E-state index in [0.29, 0.717) is 16.4 Å². The molecule has 0 bridgehead atoms. The van der Waals surface area contributed by atoms with Crippen LogP contribution in [0.3, 0.4) is 0 Å². The summed E-state index contributed by atoms with van der Waals surface area (Å²) in [6.07, 6.45) is 0. The van der Waals surface area contributed by atoms with Crippen LogP contribution in [0.15, 0.2) is 39.9 Å². The van der Waals surface area contributed by atoms with Gasteiger partial charge in [0.15, 0.2) is 0 Å². The quantitative estimate of drug-likeness (QED) is 0.659. The van der Waals surface area contributed by atoms with Crippen LogP contribution >= 0.6 is 0 Å². The summed E-state index contributed by atoms with van der Waals surface area (Å²) in [5, 5.41) is 8.79. The molecule has 1 heterocycles. The van der Waals surface area contributed by atoms with Crippen LogP contribution in [0.5, 0.6) is 0 Å². The molecule has 86 valence electrons. The third-order valence-electron chi connectivity index (χ3n) is 2.51. The van der Waals surface area contributed by atoms with Gasteiger partial charge in [0, 0.05) is 5.39 Å². The highest BCUT2D eigenvalue weighted by Crippen LogP contribution is 2.25. The molecule has 0 fully saturated rings. The van der Waals surface area contributed by atoms with Crippen molar-refractivity contribution >= 4 is 31.9 Å². The van der Waals surface area contributed by atoms with E-state index < -0.39 is 10.1 Å². The number of hydrogen-bond acceptors (Lipinski definition) is 5. The van der Waals surface area contributed by atoms with Crippen LogP contribution in [0.2, 0.25) is 0 Å². The zero-order chi connectivity index (χ0) is 12.0. The molecular weight excluding hydrogens is 244 g/mol. The average molecular weight is 250 g/mol.